The van der Waals surface area contributed by atoms with Gasteiger partial charge in [0, 0.05) is 19.1 Å². The van der Waals surface area contributed by atoms with Gasteiger partial charge in [0.2, 0.25) is 10.0 Å². The zero-order chi connectivity index (χ0) is 18.6. The molecule has 0 atom stereocenters. The van der Waals surface area contributed by atoms with Gasteiger partial charge in [0.15, 0.2) is 0 Å². The molecule has 0 aromatic heterocycles. The molecule has 1 aliphatic rings. The van der Waals surface area contributed by atoms with Crippen molar-refractivity contribution in [1.82, 2.24) is 9.62 Å². The Balaban J connectivity index is 2.46. The molecule has 0 saturated carbocycles. The van der Waals surface area contributed by atoms with E-state index in [1.807, 2.05) is 7.05 Å². The number of esters is 2. The molecule has 0 unspecified atom stereocenters. The summed E-state index contributed by atoms with van der Waals surface area (Å²) in [4.78, 5) is 23.5. The number of carbonyl (C=O) groups excluding carboxylic acids is 2. The molecule has 0 aliphatic carbocycles. The average molecular weight is 370 g/mol. The molecule has 1 aromatic rings. The van der Waals surface area contributed by atoms with Gasteiger partial charge in [-0.25, -0.2) is 18.0 Å². The summed E-state index contributed by atoms with van der Waals surface area (Å²) >= 11 is 0. The fraction of sp³-hybridized carbons (Fsp3) is 0.500. The van der Waals surface area contributed by atoms with E-state index in [-0.39, 0.29) is 22.1 Å². The van der Waals surface area contributed by atoms with E-state index in [0.717, 1.165) is 6.07 Å². The number of hydrogen-bond donors (Lipinski definition) is 1. The van der Waals surface area contributed by atoms with Crippen LogP contribution in [0.3, 0.4) is 0 Å². The van der Waals surface area contributed by atoms with E-state index in [1.165, 1.54) is 30.7 Å². The molecule has 138 valence electrons. The molecule has 2 rings (SSSR count). The second kappa shape index (κ2) is 7.94. The molecule has 0 bridgehead atoms. The monoisotopic (exact) mass is 370 g/mol. The Morgan fingerprint density at radius 1 is 1.12 bits per heavy atom. The molecule has 1 heterocycles. The highest BCUT2D eigenvalue weighted by Gasteiger charge is 2.33. The van der Waals surface area contributed by atoms with Gasteiger partial charge in [-0.2, -0.15) is 4.31 Å². The number of ether oxygens (including phenoxy) is 2. The van der Waals surface area contributed by atoms with Crippen LogP contribution >= 0.6 is 0 Å². The minimum atomic E-state index is -3.95. The van der Waals surface area contributed by atoms with Gasteiger partial charge < -0.3 is 14.8 Å². The van der Waals surface area contributed by atoms with Crippen LogP contribution < -0.4 is 5.32 Å². The maximum absolute atomic E-state index is 13.0. The van der Waals surface area contributed by atoms with Crippen LogP contribution in [0.5, 0.6) is 0 Å². The molecule has 1 saturated heterocycles. The number of hydrogen-bond acceptors (Lipinski definition) is 7. The van der Waals surface area contributed by atoms with E-state index in [9.17, 15) is 18.0 Å². The third-order valence-electron chi connectivity index (χ3n) is 4.29. The van der Waals surface area contributed by atoms with E-state index in [2.05, 4.69) is 14.8 Å². The second-order valence-corrected chi connectivity index (χ2v) is 7.57. The molecular weight excluding hydrogens is 348 g/mol. The van der Waals surface area contributed by atoms with Gasteiger partial charge in [-0.05, 0) is 38.1 Å². The molecule has 0 amide bonds. The van der Waals surface area contributed by atoms with Crippen molar-refractivity contribution in [2.75, 3.05) is 34.4 Å². The van der Waals surface area contributed by atoms with Crippen molar-refractivity contribution < 1.29 is 27.5 Å². The van der Waals surface area contributed by atoms with Gasteiger partial charge in [-0.15, -0.1) is 0 Å². The third kappa shape index (κ3) is 4.00. The van der Waals surface area contributed by atoms with E-state index in [0.29, 0.717) is 25.9 Å². The van der Waals surface area contributed by atoms with E-state index < -0.39 is 22.0 Å². The smallest absolute Gasteiger partial charge is 0.339 e. The van der Waals surface area contributed by atoms with Crippen molar-refractivity contribution in [3.63, 3.8) is 0 Å². The lowest BCUT2D eigenvalue weighted by Gasteiger charge is -2.31. The summed E-state index contributed by atoms with van der Waals surface area (Å²) < 4.78 is 36.7. The van der Waals surface area contributed by atoms with Gasteiger partial charge >= 0.3 is 11.9 Å². The number of nitrogens with zero attached hydrogens (tertiary/aromatic N) is 1. The highest BCUT2D eigenvalue weighted by molar-refractivity contribution is 7.89. The van der Waals surface area contributed by atoms with Gasteiger partial charge in [0.05, 0.1) is 30.2 Å². The number of nitrogens with one attached hydrogen (secondary N) is 1. The van der Waals surface area contributed by atoms with Crippen molar-refractivity contribution in [2.45, 2.75) is 23.8 Å². The fourth-order valence-corrected chi connectivity index (χ4v) is 4.46. The Bertz CT molecular complexity index is 754. The predicted molar refractivity (Wildman–Crippen MR) is 90.0 cm³/mol. The lowest BCUT2D eigenvalue weighted by molar-refractivity contribution is 0.0583. The van der Waals surface area contributed by atoms with Crippen molar-refractivity contribution in [3.8, 4) is 0 Å². The van der Waals surface area contributed by atoms with E-state index in [1.54, 1.807) is 0 Å². The highest BCUT2D eigenvalue weighted by atomic mass is 32.2. The van der Waals surface area contributed by atoms with Gasteiger partial charge in [-0.1, -0.05) is 0 Å². The number of carbonyl (C=O) groups is 2. The third-order valence-corrected chi connectivity index (χ3v) is 6.23. The van der Waals surface area contributed by atoms with Crippen molar-refractivity contribution in [1.29, 1.82) is 0 Å². The standard InChI is InChI=1S/C16H22N2O6S/c1-17-12-6-8-18(9-7-12)25(21,22)14-10-11(15(19)23-2)4-5-13(14)16(20)24-3/h4-5,10,12,17H,6-9H2,1-3H3. The predicted octanol–water partition coefficient (Wildman–Crippen LogP) is 0.632. The Labute approximate surface area is 147 Å². The Morgan fingerprint density at radius 3 is 2.24 bits per heavy atom. The zero-order valence-corrected chi connectivity index (χ0v) is 15.3. The largest absolute Gasteiger partial charge is 0.465 e. The van der Waals surface area contributed by atoms with E-state index >= 15 is 0 Å². The topological polar surface area (TPSA) is 102 Å². The molecule has 1 aliphatic heterocycles. The molecule has 8 nitrogen and oxygen atoms in total. The lowest BCUT2D eigenvalue weighted by Crippen LogP contribution is -2.44. The van der Waals surface area contributed by atoms with Crippen LogP contribution in [0.4, 0.5) is 0 Å². The van der Waals surface area contributed by atoms with Crippen molar-refractivity contribution >= 4 is 22.0 Å². The lowest BCUT2D eigenvalue weighted by atomic mass is 10.1. The normalized spacial score (nSPS) is 16.4. The van der Waals surface area contributed by atoms with Crippen LogP contribution in [-0.2, 0) is 19.5 Å². The first kappa shape index (κ1) is 19.4. The second-order valence-electron chi connectivity index (χ2n) is 5.66. The number of sulfonamides is 1. The maximum Gasteiger partial charge on any atom is 0.339 e. The first-order valence-corrected chi connectivity index (χ1v) is 9.27. The summed E-state index contributed by atoms with van der Waals surface area (Å²) in [5.74, 6) is -1.46. The van der Waals surface area contributed by atoms with Crippen LogP contribution in [0.1, 0.15) is 33.6 Å². The highest BCUT2D eigenvalue weighted by Crippen LogP contribution is 2.26. The molecule has 1 fully saturated rings. The molecule has 9 heteroatoms. The van der Waals surface area contributed by atoms with Gasteiger partial charge in [0.25, 0.3) is 0 Å². The first-order valence-electron chi connectivity index (χ1n) is 7.83. The SMILES string of the molecule is CNC1CCN(S(=O)(=O)c2cc(C(=O)OC)ccc2C(=O)OC)CC1. The molecule has 1 aromatic carbocycles. The summed E-state index contributed by atoms with van der Waals surface area (Å²) in [6, 6.07) is 4.03. The summed E-state index contributed by atoms with van der Waals surface area (Å²) in [7, 11) is 0.264. The number of rotatable bonds is 5. The first-order chi connectivity index (χ1) is 11.8. The quantitative estimate of drug-likeness (QED) is 0.759. The van der Waals surface area contributed by atoms with Crippen LogP contribution in [0.2, 0.25) is 0 Å². The minimum Gasteiger partial charge on any atom is -0.465 e. The summed E-state index contributed by atoms with van der Waals surface area (Å²) in [5, 5.41) is 3.13. The van der Waals surface area contributed by atoms with Crippen LogP contribution in [0.25, 0.3) is 0 Å². The molecule has 0 radical (unpaired) electrons. The number of piperidine rings is 1. The summed E-state index contributed by atoms with van der Waals surface area (Å²) in [6.45, 7) is 0.661. The van der Waals surface area contributed by atoms with Crippen LogP contribution in [0, 0.1) is 0 Å². The average Bonchev–Trinajstić information content (AvgIpc) is 2.66. The van der Waals surface area contributed by atoms with Crippen LogP contribution in [0.15, 0.2) is 23.1 Å². The van der Waals surface area contributed by atoms with E-state index in [4.69, 9.17) is 0 Å². The summed E-state index contributed by atoms with van der Waals surface area (Å²) in [5.41, 5.74) is -0.0512. The molecular formula is C16H22N2O6S. The van der Waals surface area contributed by atoms with Crippen molar-refractivity contribution in [2.24, 2.45) is 0 Å². The minimum absolute atomic E-state index is 0.0545. The Kier molecular flexibility index (Phi) is 6.15. The van der Waals surface area contributed by atoms with Gasteiger partial charge in [0.1, 0.15) is 0 Å². The molecule has 0 spiro atoms. The Morgan fingerprint density at radius 2 is 1.72 bits per heavy atom. The zero-order valence-electron chi connectivity index (χ0n) is 14.4. The van der Waals surface area contributed by atoms with Crippen molar-refractivity contribution in [3.05, 3.63) is 29.3 Å². The fourth-order valence-electron chi connectivity index (χ4n) is 2.78. The Hall–Kier alpha value is -1.97. The maximum atomic E-state index is 13.0. The molecule has 25 heavy (non-hydrogen) atoms. The number of benzene rings is 1. The number of methoxy groups -OCH3 is 2. The van der Waals surface area contributed by atoms with Gasteiger partial charge in [-0.3, -0.25) is 0 Å². The summed E-state index contributed by atoms with van der Waals surface area (Å²) in [6.07, 6.45) is 1.33. The van der Waals surface area contributed by atoms with Crippen LogP contribution in [-0.4, -0.2) is 65.1 Å². The molecule has 1 N–H and O–H groups in total.